The summed E-state index contributed by atoms with van der Waals surface area (Å²) in [6, 6.07) is 5.56. The zero-order valence-electron chi connectivity index (χ0n) is 9.12. The van der Waals surface area contributed by atoms with Crippen molar-refractivity contribution in [2.75, 3.05) is 24.2 Å². The van der Waals surface area contributed by atoms with Crippen molar-refractivity contribution < 1.29 is 10.2 Å². The molecule has 4 nitrogen and oxygen atoms in total. The van der Waals surface area contributed by atoms with Gasteiger partial charge >= 0.3 is 0 Å². The maximum atomic E-state index is 9.57. The zero-order chi connectivity index (χ0) is 11.5. The second kappa shape index (κ2) is 4.51. The van der Waals surface area contributed by atoms with E-state index < -0.39 is 5.60 Å². The topological polar surface area (TPSA) is 78.5 Å². The Kier molecular flexibility index (Phi) is 3.55. The number of benzene rings is 1. The van der Waals surface area contributed by atoms with Gasteiger partial charge in [-0.25, -0.2) is 0 Å². The van der Waals surface area contributed by atoms with Crippen molar-refractivity contribution in [1.82, 2.24) is 0 Å². The Morgan fingerprint density at radius 2 is 2.13 bits per heavy atom. The van der Waals surface area contributed by atoms with Crippen LogP contribution in [0.3, 0.4) is 0 Å². The number of rotatable bonds is 4. The molecular weight excluding hydrogens is 192 g/mol. The van der Waals surface area contributed by atoms with Gasteiger partial charge in [0.2, 0.25) is 0 Å². The van der Waals surface area contributed by atoms with Crippen molar-refractivity contribution in [2.45, 2.75) is 19.4 Å². The fourth-order valence-electron chi connectivity index (χ4n) is 1.13. The van der Waals surface area contributed by atoms with Crippen LogP contribution in [-0.2, 0) is 0 Å². The molecule has 0 saturated heterocycles. The van der Waals surface area contributed by atoms with Crippen LogP contribution in [0.1, 0.15) is 12.5 Å². The van der Waals surface area contributed by atoms with E-state index in [-0.39, 0.29) is 6.61 Å². The van der Waals surface area contributed by atoms with Crippen molar-refractivity contribution >= 4 is 11.4 Å². The third-order valence-electron chi connectivity index (χ3n) is 2.28. The van der Waals surface area contributed by atoms with E-state index in [4.69, 9.17) is 10.8 Å². The van der Waals surface area contributed by atoms with Crippen molar-refractivity contribution in [2.24, 2.45) is 0 Å². The van der Waals surface area contributed by atoms with E-state index in [1.165, 1.54) is 0 Å². The molecule has 1 atom stereocenters. The van der Waals surface area contributed by atoms with Gasteiger partial charge in [0, 0.05) is 17.9 Å². The normalized spacial score (nSPS) is 14.7. The Balaban J connectivity index is 2.62. The Labute approximate surface area is 89.7 Å². The van der Waals surface area contributed by atoms with Gasteiger partial charge in [-0.15, -0.1) is 0 Å². The molecule has 1 aromatic rings. The number of aryl methyl sites for hydroxylation is 1. The summed E-state index contributed by atoms with van der Waals surface area (Å²) >= 11 is 0. The van der Waals surface area contributed by atoms with Gasteiger partial charge in [0.15, 0.2) is 0 Å². The number of aliphatic hydroxyl groups is 2. The van der Waals surface area contributed by atoms with Crippen LogP contribution >= 0.6 is 0 Å². The van der Waals surface area contributed by atoms with Crippen LogP contribution in [-0.4, -0.2) is 29.0 Å². The Morgan fingerprint density at radius 1 is 1.47 bits per heavy atom. The Hall–Kier alpha value is -1.26. The Morgan fingerprint density at radius 3 is 2.67 bits per heavy atom. The molecule has 0 bridgehead atoms. The molecule has 0 spiro atoms. The minimum absolute atomic E-state index is 0.270. The maximum absolute atomic E-state index is 9.57. The second-order valence-corrected chi connectivity index (χ2v) is 4.08. The average molecular weight is 210 g/mol. The van der Waals surface area contributed by atoms with Gasteiger partial charge in [-0.3, -0.25) is 0 Å². The van der Waals surface area contributed by atoms with Gasteiger partial charge in [-0.1, -0.05) is 0 Å². The predicted octanol–water partition coefficient (Wildman–Crippen LogP) is 0.732. The highest BCUT2D eigenvalue weighted by atomic mass is 16.3. The third kappa shape index (κ3) is 3.42. The lowest BCUT2D eigenvalue weighted by Crippen LogP contribution is -2.37. The van der Waals surface area contributed by atoms with E-state index in [9.17, 15) is 5.11 Å². The first-order valence-corrected chi connectivity index (χ1v) is 4.88. The maximum Gasteiger partial charge on any atom is 0.102 e. The van der Waals surface area contributed by atoms with Gasteiger partial charge in [-0.2, -0.15) is 0 Å². The summed E-state index contributed by atoms with van der Waals surface area (Å²) in [5, 5.41) is 21.5. The lowest BCUT2D eigenvalue weighted by Gasteiger charge is -2.21. The molecule has 0 aliphatic rings. The van der Waals surface area contributed by atoms with Crippen LogP contribution in [0, 0.1) is 6.92 Å². The van der Waals surface area contributed by atoms with E-state index in [2.05, 4.69) is 5.32 Å². The van der Waals surface area contributed by atoms with Crippen LogP contribution in [0.4, 0.5) is 11.4 Å². The number of anilines is 2. The monoisotopic (exact) mass is 210 g/mol. The average Bonchev–Trinajstić information content (AvgIpc) is 2.20. The number of nitrogens with two attached hydrogens (primary N) is 1. The van der Waals surface area contributed by atoms with E-state index in [1.54, 1.807) is 6.92 Å². The molecule has 0 fully saturated rings. The number of aliphatic hydroxyl groups excluding tert-OH is 1. The van der Waals surface area contributed by atoms with Crippen LogP contribution in [0.5, 0.6) is 0 Å². The summed E-state index contributed by atoms with van der Waals surface area (Å²) in [6.45, 7) is 3.52. The minimum atomic E-state index is -1.10. The van der Waals surface area contributed by atoms with Gasteiger partial charge in [0.05, 0.1) is 6.61 Å². The molecule has 5 N–H and O–H groups in total. The molecule has 1 aromatic carbocycles. The molecule has 0 heterocycles. The molecule has 15 heavy (non-hydrogen) atoms. The van der Waals surface area contributed by atoms with Crippen LogP contribution in [0.2, 0.25) is 0 Å². The van der Waals surface area contributed by atoms with Crippen molar-refractivity contribution in [3.63, 3.8) is 0 Å². The zero-order valence-corrected chi connectivity index (χ0v) is 9.12. The summed E-state index contributed by atoms with van der Waals surface area (Å²) in [7, 11) is 0. The predicted molar refractivity (Wildman–Crippen MR) is 61.8 cm³/mol. The molecular formula is C11H18N2O2. The molecule has 0 aliphatic carbocycles. The highest BCUT2D eigenvalue weighted by Crippen LogP contribution is 2.17. The first-order chi connectivity index (χ1) is 6.94. The quantitative estimate of drug-likeness (QED) is 0.552. The summed E-state index contributed by atoms with van der Waals surface area (Å²) in [5.74, 6) is 0. The first-order valence-electron chi connectivity index (χ1n) is 4.88. The number of nitrogens with one attached hydrogen (secondary N) is 1. The molecule has 0 aliphatic heterocycles. The van der Waals surface area contributed by atoms with Gasteiger partial charge < -0.3 is 21.3 Å². The SMILES string of the molecule is Cc1cc(NCC(C)(O)CO)ccc1N. The third-order valence-corrected chi connectivity index (χ3v) is 2.28. The van der Waals surface area contributed by atoms with Gasteiger partial charge in [0.25, 0.3) is 0 Å². The summed E-state index contributed by atoms with van der Waals surface area (Å²) in [4.78, 5) is 0. The highest BCUT2D eigenvalue weighted by Gasteiger charge is 2.18. The van der Waals surface area contributed by atoms with Crippen LogP contribution in [0.15, 0.2) is 18.2 Å². The van der Waals surface area contributed by atoms with Gasteiger partial charge in [-0.05, 0) is 37.6 Å². The number of hydrogen-bond donors (Lipinski definition) is 4. The highest BCUT2D eigenvalue weighted by molar-refractivity contribution is 5.56. The largest absolute Gasteiger partial charge is 0.399 e. The molecule has 1 rings (SSSR count). The van der Waals surface area contributed by atoms with E-state index in [1.807, 2.05) is 25.1 Å². The van der Waals surface area contributed by atoms with E-state index in [0.29, 0.717) is 6.54 Å². The summed E-state index contributed by atoms with van der Waals surface area (Å²) < 4.78 is 0. The summed E-state index contributed by atoms with van der Waals surface area (Å²) in [5.41, 5.74) is 7.20. The molecule has 84 valence electrons. The Bertz CT molecular complexity index is 337. The van der Waals surface area contributed by atoms with Crippen molar-refractivity contribution in [3.05, 3.63) is 23.8 Å². The first kappa shape index (κ1) is 11.8. The smallest absolute Gasteiger partial charge is 0.102 e. The lowest BCUT2D eigenvalue weighted by atomic mass is 10.1. The van der Waals surface area contributed by atoms with Crippen molar-refractivity contribution in [3.8, 4) is 0 Å². The fourth-order valence-corrected chi connectivity index (χ4v) is 1.13. The summed E-state index contributed by atoms with van der Waals surface area (Å²) in [6.07, 6.45) is 0. The molecule has 0 aromatic heterocycles. The number of hydrogen-bond acceptors (Lipinski definition) is 4. The molecule has 0 amide bonds. The van der Waals surface area contributed by atoms with Crippen LogP contribution < -0.4 is 11.1 Å². The molecule has 0 saturated carbocycles. The van der Waals surface area contributed by atoms with Crippen LogP contribution in [0.25, 0.3) is 0 Å². The lowest BCUT2D eigenvalue weighted by molar-refractivity contribution is 0.0132. The number of nitrogen functional groups attached to an aromatic ring is 1. The standard InChI is InChI=1S/C11H18N2O2/c1-8-5-9(3-4-10(8)12)13-6-11(2,15)7-14/h3-5,13-15H,6-7,12H2,1-2H3. The fraction of sp³-hybridized carbons (Fsp3) is 0.455. The van der Waals surface area contributed by atoms with E-state index >= 15 is 0 Å². The molecule has 0 radical (unpaired) electrons. The molecule has 4 heteroatoms. The minimum Gasteiger partial charge on any atom is -0.399 e. The van der Waals surface area contributed by atoms with Crippen molar-refractivity contribution in [1.29, 1.82) is 0 Å². The molecule has 1 unspecified atom stereocenters. The van der Waals surface area contributed by atoms with E-state index in [0.717, 1.165) is 16.9 Å². The second-order valence-electron chi connectivity index (χ2n) is 4.08. The van der Waals surface area contributed by atoms with Gasteiger partial charge in [0.1, 0.15) is 5.60 Å².